The van der Waals surface area contributed by atoms with E-state index in [1.165, 1.54) is 0 Å². The summed E-state index contributed by atoms with van der Waals surface area (Å²) in [6.45, 7) is 19.1. The van der Waals surface area contributed by atoms with Crippen LogP contribution in [0.5, 0.6) is 0 Å². The van der Waals surface area contributed by atoms with E-state index in [9.17, 15) is 24.3 Å². The zero-order valence-electron chi connectivity index (χ0n) is 26.9. The first-order valence-electron chi connectivity index (χ1n) is 13.6. The van der Waals surface area contributed by atoms with Crippen LogP contribution in [-0.4, -0.2) is 80.7 Å². The van der Waals surface area contributed by atoms with Crippen molar-refractivity contribution >= 4 is 72.3 Å². The van der Waals surface area contributed by atoms with Gasteiger partial charge >= 0.3 is 42.7 Å². The molecule has 9 nitrogen and oxygen atoms in total. The van der Waals surface area contributed by atoms with Gasteiger partial charge in [0.05, 0.1) is 31.5 Å². The van der Waals surface area contributed by atoms with E-state index in [1.807, 2.05) is 39.4 Å². The number of thiol groups is 1. The molecule has 0 bridgehead atoms. The maximum atomic E-state index is 11.2. The molecule has 0 fully saturated rings. The van der Waals surface area contributed by atoms with E-state index in [4.69, 9.17) is 4.74 Å². The van der Waals surface area contributed by atoms with E-state index >= 15 is 0 Å². The van der Waals surface area contributed by atoms with Crippen molar-refractivity contribution in [3.8, 4) is 0 Å². The van der Waals surface area contributed by atoms with Crippen molar-refractivity contribution in [1.29, 1.82) is 0 Å². The zero-order chi connectivity index (χ0) is 34.2. The predicted molar refractivity (Wildman–Crippen MR) is 185 cm³/mol. The molecule has 0 amide bonds. The molecule has 13 heteroatoms. The number of alkyl halides is 1. The number of aliphatic hydroxyl groups is 1. The SMILES string of the molecule is C=C(C(=O)OCC)C(O)CCC.C=CC(=O)OCC.CCC/C=C(\CBr)C(=O)OCC.CCCC=O.CSC.[B]=NS. The summed E-state index contributed by atoms with van der Waals surface area (Å²) in [7, 11) is 4.34. The normalized spacial score (nSPS) is 9.62. The Morgan fingerprint density at radius 2 is 1.38 bits per heavy atom. The van der Waals surface area contributed by atoms with Gasteiger partial charge in [-0.15, -0.1) is 0 Å². The van der Waals surface area contributed by atoms with Gasteiger partial charge < -0.3 is 24.1 Å². The summed E-state index contributed by atoms with van der Waals surface area (Å²) in [6, 6.07) is 0. The van der Waals surface area contributed by atoms with Gasteiger partial charge in [0.2, 0.25) is 0 Å². The van der Waals surface area contributed by atoms with Crippen LogP contribution in [0.25, 0.3) is 0 Å². The van der Waals surface area contributed by atoms with Crippen LogP contribution in [0.15, 0.2) is 40.8 Å². The van der Waals surface area contributed by atoms with E-state index in [2.05, 4.69) is 70.2 Å². The van der Waals surface area contributed by atoms with Gasteiger partial charge in [0.25, 0.3) is 0 Å². The van der Waals surface area contributed by atoms with Crippen LogP contribution >= 0.6 is 40.5 Å². The third-order valence-electron chi connectivity index (χ3n) is 3.72. The number of allylic oxidation sites excluding steroid dienone is 1. The third kappa shape index (κ3) is 51.1. The Morgan fingerprint density at radius 3 is 1.64 bits per heavy atom. The first-order chi connectivity index (χ1) is 19.9. The minimum atomic E-state index is -0.756. The maximum absolute atomic E-state index is 11.2. The molecule has 1 atom stereocenters. The number of aliphatic hydroxyl groups excluding tert-OH is 1. The molecule has 1 unspecified atom stereocenters. The van der Waals surface area contributed by atoms with Crippen molar-refractivity contribution in [3.05, 3.63) is 36.5 Å². The van der Waals surface area contributed by atoms with E-state index < -0.39 is 12.1 Å². The fourth-order valence-corrected chi connectivity index (χ4v) is 2.32. The van der Waals surface area contributed by atoms with Gasteiger partial charge in [-0.25, -0.2) is 14.4 Å². The number of rotatable bonds is 14. The first kappa shape index (κ1) is 52.9. The molecule has 0 heterocycles. The average molecular weight is 700 g/mol. The van der Waals surface area contributed by atoms with E-state index in [1.54, 1.807) is 25.6 Å². The number of halogens is 1. The van der Waals surface area contributed by atoms with Gasteiger partial charge in [-0.2, -0.15) is 11.8 Å². The first-order valence-corrected chi connectivity index (χ1v) is 16.7. The Labute approximate surface area is 274 Å². The van der Waals surface area contributed by atoms with Gasteiger partial charge in [-0.3, -0.25) is 0 Å². The summed E-state index contributed by atoms with van der Waals surface area (Å²) in [4.78, 5) is 41.6. The Hall–Kier alpha value is -1.70. The number of hydrogen-bond donors (Lipinski definition) is 2. The molecular weight excluding hydrogens is 645 g/mol. The molecule has 1 N–H and O–H groups in total. The topological polar surface area (TPSA) is 129 Å². The van der Waals surface area contributed by atoms with Crippen LogP contribution in [0.4, 0.5) is 0 Å². The molecule has 0 aliphatic carbocycles. The number of aldehydes is 1. The summed E-state index contributed by atoms with van der Waals surface area (Å²) >= 11 is 8.19. The molecule has 42 heavy (non-hydrogen) atoms. The van der Waals surface area contributed by atoms with Crippen LogP contribution in [0.1, 0.15) is 80.1 Å². The molecule has 0 aromatic rings. The Bertz CT molecular complexity index is 711. The quantitative estimate of drug-likeness (QED) is 0.0382. The van der Waals surface area contributed by atoms with E-state index in [0.717, 1.165) is 43.6 Å². The molecule has 0 aliphatic heterocycles. The molecule has 0 aromatic carbocycles. The molecule has 245 valence electrons. The van der Waals surface area contributed by atoms with Gasteiger partial charge in [-0.05, 0) is 52.5 Å². The standard InChI is InChI=1S/C9H15BrO2.C9H16O3.C5H8O2.C4H8O.C2H6S.BHNS/c1-3-5-6-8(7-10)9(11)12-4-2;1-4-6-8(10)7(3)9(11)12-5-2;1-3-5(6)7-4-2;1-2-3-4-5;1-3-2;1-2-3/h6H,3-5,7H2,1-2H3;8,10H,3-6H2,1-2H3;3H,1,4H2,2H3;4H,2-3H2,1H3;1-2H3;3H/b8-6+;;;;;. The van der Waals surface area contributed by atoms with Gasteiger partial charge in [0.1, 0.15) is 6.29 Å². The van der Waals surface area contributed by atoms with Crippen LogP contribution < -0.4 is 0 Å². The second-order valence-electron chi connectivity index (χ2n) is 7.36. The number of nitrogens with zero attached hydrogens (tertiary/aromatic N) is 1. The van der Waals surface area contributed by atoms with E-state index in [-0.39, 0.29) is 17.5 Å². The minimum absolute atomic E-state index is 0.152. The Kier molecular flexibility index (Phi) is 61.7. The molecular formula is C29H54BBrNO8S2. The van der Waals surface area contributed by atoms with Gasteiger partial charge in [0.15, 0.2) is 0 Å². The summed E-state index contributed by atoms with van der Waals surface area (Å²) in [6.07, 6.45) is 12.4. The summed E-state index contributed by atoms with van der Waals surface area (Å²) in [5.74, 6) is -1.07. The monoisotopic (exact) mass is 698 g/mol. The molecule has 0 saturated heterocycles. The van der Waals surface area contributed by atoms with Gasteiger partial charge in [-0.1, -0.05) is 68.8 Å². The fraction of sp³-hybridized carbons (Fsp3) is 0.655. The second kappa shape index (κ2) is 49.0. The number of thioether (sulfide) groups is 1. The van der Waals surface area contributed by atoms with Gasteiger partial charge in [0, 0.05) is 23.4 Å². The van der Waals surface area contributed by atoms with Crippen LogP contribution in [0.2, 0.25) is 0 Å². The molecule has 0 aromatic heterocycles. The Morgan fingerprint density at radius 1 is 0.952 bits per heavy atom. The van der Waals surface area contributed by atoms with E-state index in [0.29, 0.717) is 38.0 Å². The Balaban J connectivity index is -0.000000100. The summed E-state index contributed by atoms with van der Waals surface area (Å²) in [5.41, 5.74) is 0.873. The van der Waals surface area contributed by atoms with Crippen molar-refractivity contribution < 1.29 is 38.5 Å². The third-order valence-corrected chi connectivity index (χ3v) is 4.33. The molecule has 0 saturated carbocycles. The predicted octanol–water partition coefficient (Wildman–Crippen LogP) is 6.82. The van der Waals surface area contributed by atoms with Crippen molar-refractivity contribution in [2.75, 3.05) is 37.7 Å². The van der Waals surface area contributed by atoms with Crippen molar-refractivity contribution in [2.45, 2.75) is 86.2 Å². The van der Waals surface area contributed by atoms with Crippen LogP contribution in [0, 0.1) is 0 Å². The van der Waals surface area contributed by atoms with Crippen molar-refractivity contribution in [1.82, 2.24) is 0 Å². The average Bonchev–Trinajstić information content (AvgIpc) is 2.96. The molecule has 1 radical (unpaired) electrons. The van der Waals surface area contributed by atoms with Crippen molar-refractivity contribution in [3.63, 3.8) is 0 Å². The second-order valence-corrected chi connectivity index (χ2v) is 8.97. The number of unbranched alkanes of at least 4 members (excludes halogenated alkanes) is 2. The number of carbonyl (C=O) groups is 4. The fourth-order valence-electron chi connectivity index (χ4n) is 1.86. The number of hydrogen-bond acceptors (Lipinski definition) is 11. The number of esters is 3. The van der Waals surface area contributed by atoms with Crippen LogP contribution in [-0.2, 0) is 33.4 Å². The zero-order valence-corrected chi connectivity index (χ0v) is 30.2. The molecule has 0 rings (SSSR count). The summed E-state index contributed by atoms with van der Waals surface area (Å²) < 4.78 is 16.7. The van der Waals surface area contributed by atoms with Crippen LogP contribution in [0.3, 0.4) is 0 Å². The molecule has 0 aliphatic rings. The molecule has 0 spiro atoms. The number of carbonyl (C=O) groups excluding carboxylic acids is 4. The number of ether oxygens (including phenoxy) is 3. The summed E-state index contributed by atoms with van der Waals surface area (Å²) in [5, 5.41) is 9.89. The van der Waals surface area contributed by atoms with Crippen molar-refractivity contribution in [2.24, 2.45) is 4.30 Å².